The summed E-state index contributed by atoms with van der Waals surface area (Å²) in [4.78, 5) is 57.6. The van der Waals surface area contributed by atoms with E-state index in [1.807, 2.05) is 0 Å². The van der Waals surface area contributed by atoms with Gasteiger partial charge in [-0.25, -0.2) is 0 Å². The van der Waals surface area contributed by atoms with Crippen molar-refractivity contribution >= 4 is 0 Å². The molecule has 0 saturated heterocycles. The smallest absolute Gasteiger partial charge is 0.344 e. The fourth-order valence-electron chi connectivity index (χ4n) is 1.18. The maximum atomic E-state index is 10.8. The first-order valence-electron chi connectivity index (χ1n) is 5.42. The molecule has 0 heterocycles. The highest BCUT2D eigenvalue weighted by Gasteiger charge is 2.72. The van der Waals surface area contributed by atoms with Gasteiger partial charge < -0.3 is 4.74 Å². The third-order valence-electron chi connectivity index (χ3n) is 2.59. The lowest BCUT2D eigenvalue weighted by atomic mass is 10.2. The van der Waals surface area contributed by atoms with Gasteiger partial charge in [0.25, 0.3) is 11.7 Å². The van der Waals surface area contributed by atoms with Gasteiger partial charge >= 0.3 is 11.4 Å². The lowest BCUT2D eigenvalue weighted by Gasteiger charge is -2.16. The fraction of sp³-hybridized carbons (Fsp3) is 1.00. The minimum Gasteiger partial charge on any atom is -0.344 e. The van der Waals surface area contributed by atoms with Crippen LogP contribution in [0.25, 0.3) is 0 Å². The molecular weight excluding hydrogens is 368 g/mol. The van der Waals surface area contributed by atoms with Crippen LogP contribution in [0.3, 0.4) is 0 Å². The van der Waals surface area contributed by atoms with Crippen molar-refractivity contribution in [2.75, 3.05) is 19.8 Å². The van der Waals surface area contributed by atoms with Crippen molar-refractivity contribution < 1.29 is 39.3 Å². The van der Waals surface area contributed by atoms with Gasteiger partial charge in [0, 0.05) is 0 Å². The molecule has 0 aliphatic heterocycles. The Morgan fingerprint density at radius 3 is 1.28 bits per heavy atom. The van der Waals surface area contributed by atoms with Gasteiger partial charge in [-0.1, -0.05) is 0 Å². The number of ether oxygens (including phenoxy) is 1. The van der Waals surface area contributed by atoms with E-state index < -0.39 is 61.0 Å². The molecule has 0 unspecified atom stereocenters. The molecule has 0 aromatic heterocycles. The van der Waals surface area contributed by atoms with Gasteiger partial charge in [0.05, 0.1) is 0 Å². The summed E-state index contributed by atoms with van der Waals surface area (Å²) in [6.45, 7) is -5.71. The van der Waals surface area contributed by atoms with Gasteiger partial charge in [0.15, 0.2) is 21.4 Å². The second-order valence-electron chi connectivity index (χ2n) is 4.03. The molecule has 0 atom stereocenters. The SMILES string of the molecule is O=[N+]([O-])OCC(COCC([N+](=O)[O-])([N+](=O)[O-])[N+](=O)[O-])([N+](=O)[O-])[N+](=O)[O-]. The Morgan fingerprint density at radius 1 is 0.600 bits per heavy atom. The van der Waals surface area contributed by atoms with E-state index in [9.17, 15) is 60.7 Å². The molecule has 140 valence electrons. The van der Waals surface area contributed by atoms with E-state index in [0.29, 0.717) is 0 Å². The highest BCUT2D eigenvalue weighted by molar-refractivity contribution is 4.66. The third-order valence-corrected chi connectivity index (χ3v) is 2.59. The molecule has 0 bridgehead atoms. The van der Waals surface area contributed by atoms with Crippen molar-refractivity contribution in [3.05, 3.63) is 60.7 Å². The molecule has 20 nitrogen and oxygen atoms in total. The summed E-state index contributed by atoms with van der Waals surface area (Å²) >= 11 is 0. The second-order valence-corrected chi connectivity index (χ2v) is 4.03. The Kier molecular flexibility index (Phi) is 6.45. The molecule has 25 heavy (non-hydrogen) atoms. The topological polar surface area (TPSA) is 277 Å². The van der Waals surface area contributed by atoms with Crippen LogP contribution in [0.1, 0.15) is 0 Å². The molecule has 0 aromatic rings. The van der Waals surface area contributed by atoms with Gasteiger partial charge in [-0.15, -0.1) is 10.1 Å². The molecular formula is C5H6N6O14. The largest absolute Gasteiger partial charge is 0.723 e. The lowest BCUT2D eigenvalue weighted by Crippen LogP contribution is -2.59. The lowest BCUT2D eigenvalue weighted by molar-refractivity contribution is -0.971. The second kappa shape index (κ2) is 7.62. The Bertz CT molecular complexity index is 565. The highest BCUT2D eigenvalue weighted by Crippen LogP contribution is 2.17. The summed E-state index contributed by atoms with van der Waals surface area (Å²) in [7, 11) is 0. The zero-order chi connectivity index (χ0) is 20.0. The maximum absolute atomic E-state index is 10.8. The number of nitro groups is 5. The normalized spacial score (nSPS) is 11.4. The Balaban J connectivity index is 5.54. The fourth-order valence-corrected chi connectivity index (χ4v) is 1.18. The number of nitrogens with zero attached hydrogens (tertiary/aromatic N) is 6. The van der Waals surface area contributed by atoms with Gasteiger partial charge in [-0.3, -0.25) is 55.4 Å². The first-order valence-corrected chi connectivity index (χ1v) is 5.42. The molecule has 0 aromatic carbocycles. The molecule has 0 spiro atoms. The van der Waals surface area contributed by atoms with E-state index in [0.717, 1.165) is 0 Å². The summed E-state index contributed by atoms with van der Waals surface area (Å²) in [6, 6.07) is 0. The van der Waals surface area contributed by atoms with Crippen LogP contribution in [0.5, 0.6) is 0 Å². The van der Waals surface area contributed by atoms with E-state index in [4.69, 9.17) is 0 Å². The van der Waals surface area contributed by atoms with Crippen LogP contribution in [0.15, 0.2) is 0 Å². The van der Waals surface area contributed by atoms with Crippen LogP contribution >= 0.6 is 0 Å². The summed E-state index contributed by atoms with van der Waals surface area (Å²) in [5.74, 6) is -4.19. The molecule has 0 saturated carbocycles. The van der Waals surface area contributed by atoms with Crippen molar-refractivity contribution in [2.24, 2.45) is 0 Å². The number of hydrogen-bond donors (Lipinski definition) is 0. The minimum atomic E-state index is -4.19. The van der Waals surface area contributed by atoms with Crippen molar-refractivity contribution in [1.29, 1.82) is 0 Å². The standard InChI is InChI=1S/C5H6N6O14/c12-6(13)4(7(14)15,2-25-11(22)23)1-24-3-5(8(16)17,9(18)19)10(20)21/h1-3H2. The molecule has 0 fully saturated rings. The quantitative estimate of drug-likeness (QED) is 0.202. The van der Waals surface area contributed by atoms with Crippen LogP contribution in [0, 0.1) is 60.7 Å². The molecule has 0 amide bonds. The Hall–Kier alpha value is -3.84. The molecule has 0 N–H and O–H groups in total. The molecule has 0 radical (unpaired) electrons. The van der Waals surface area contributed by atoms with E-state index in [1.54, 1.807) is 0 Å². The summed E-state index contributed by atoms with van der Waals surface area (Å²) in [6.07, 6.45) is 0. The number of hydrogen-bond acceptors (Lipinski definition) is 14. The van der Waals surface area contributed by atoms with Gasteiger partial charge in [-0.05, 0) is 0 Å². The van der Waals surface area contributed by atoms with Crippen LogP contribution in [0.2, 0.25) is 0 Å². The van der Waals surface area contributed by atoms with Crippen LogP contribution < -0.4 is 0 Å². The van der Waals surface area contributed by atoms with E-state index in [2.05, 4.69) is 9.57 Å². The first kappa shape index (κ1) is 21.2. The van der Waals surface area contributed by atoms with Crippen molar-refractivity contribution in [3.8, 4) is 0 Å². The highest BCUT2D eigenvalue weighted by atomic mass is 17.0. The summed E-state index contributed by atoms with van der Waals surface area (Å²) in [5.41, 5.74) is -3.59. The van der Waals surface area contributed by atoms with Crippen LogP contribution in [-0.4, -0.2) is 61.0 Å². The van der Waals surface area contributed by atoms with E-state index in [1.165, 1.54) is 0 Å². The van der Waals surface area contributed by atoms with Gasteiger partial charge in [0.2, 0.25) is 6.61 Å². The predicted octanol–water partition coefficient (Wildman–Crippen LogP) is -2.06. The van der Waals surface area contributed by atoms with Crippen molar-refractivity contribution in [3.63, 3.8) is 0 Å². The first-order chi connectivity index (χ1) is 11.3. The van der Waals surface area contributed by atoms with Crippen LogP contribution in [0.4, 0.5) is 0 Å². The summed E-state index contributed by atoms with van der Waals surface area (Å²) in [5, 5.41) is 61.8. The van der Waals surface area contributed by atoms with E-state index in [-0.39, 0.29) is 0 Å². The van der Waals surface area contributed by atoms with Gasteiger partial charge in [-0.2, -0.15) is 0 Å². The Morgan fingerprint density at radius 2 is 1.00 bits per heavy atom. The minimum absolute atomic E-state index is 1.63. The van der Waals surface area contributed by atoms with Gasteiger partial charge in [0.1, 0.15) is 9.85 Å². The molecule has 0 aliphatic rings. The van der Waals surface area contributed by atoms with Crippen molar-refractivity contribution in [2.45, 2.75) is 11.4 Å². The average Bonchev–Trinajstić information content (AvgIpc) is 2.44. The zero-order valence-electron chi connectivity index (χ0n) is 11.5. The third kappa shape index (κ3) is 4.12. The Labute approximate surface area is 132 Å². The van der Waals surface area contributed by atoms with Crippen molar-refractivity contribution in [1.82, 2.24) is 0 Å². The average molecular weight is 374 g/mol. The zero-order valence-corrected chi connectivity index (χ0v) is 11.5. The molecule has 0 rings (SSSR count). The summed E-state index contributed by atoms with van der Waals surface area (Å²) < 4.78 is 4.09. The predicted molar refractivity (Wildman–Crippen MR) is 64.2 cm³/mol. The van der Waals surface area contributed by atoms with Crippen LogP contribution in [-0.2, 0) is 9.57 Å². The maximum Gasteiger partial charge on any atom is 0.723 e. The molecule has 0 aliphatic carbocycles. The number of rotatable bonds is 12. The molecule has 20 heteroatoms. The monoisotopic (exact) mass is 374 g/mol. The van der Waals surface area contributed by atoms with E-state index >= 15 is 0 Å².